The third-order valence-electron chi connectivity index (χ3n) is 3.99. The quantitative estimate of drug-likeness (QED) is 0.713. The smallest absolute Gasteiger partial charge is 0.120 e. The molecule has 24 heavy (non-hydrogen) atoms. The molecule has 5 nitrogen and oxygen atoms in total. The van der Waals surface area contributed by atoms with Gasteiger partial charge in [-0.2, -0.15) is 5.10 Å². The third kappa shape index (κ3) is 5.35. The normalized spacial score (nSPS) is 14.2. The Labute approximate surface area is 148 Å². The molecule has 0 aliphatic rings. The zero-order valence-electron chi connectivity index (χ0n) is 14.4. The summed E-state index contributed by atoms with van der Waals surface area (Å²) in [5.74, 6) is 0.506. The van der Waals surface area contributed by atoms with Crippen LogP contribution in [0.25, 0.3) is 0 Å². The topological polar surface area (TPSA) is 62.4 Å². The van der Waals surface area contributed by atoms with Crippen molar-refractivity contribution in [1.29, 1.82) is 0 Å². The predicted octanol–water partition coefficient (Wildman–Crippen LogP) is 3.82. The van der Waals surface area contributed by atoms with Crippen LogP contribution in [-0.4, -0.2) is 34.2 Å². The van der Waals surface area contributed by atoms with E-state index in [-0.39, 0.29) is 5.92 Å². The molecule has 0 bridgehead atoms. The van der Waals surface area contributed by atoms with Crippen LogP contribution in [0.4, 0.5) is 5.69 Å². The molecule has 2 rings (SSSR count). The molecule has 0 saturated carbocycles. The highest BCUT2D eigenvalue weighted by atomic mass is 35.5. The Hall–Kier alpha value is -1.85. The van der Waals surface area contributed by atoms with E-state index >= 15 is 0 Å². The van der Waals surface area contributed by atoms with E-state index in [0.717, 1.165) is 24.1 Å². The van der Waals surface area contributed by atoms with Gasteiger partial charge in [0.2, 0.25) is 0 Å². The average molecular weight is 349 g/mol. The number of benzene rings is 1. The van der Waals surface area contributed by atoms with Crippen LogP contribution in [0.15, 0.2) is 35.6 Å². The largest absolute Gasteiger partial charge is 0.508 e. The maximum absolute atomic E-state index is 10.2. The molecule has 1 aromatic heterocycles. The second-order valence-corrected chi connectivity index (χ2v) is 6.58. The lowest BCUT2D eigenvalue weighted by atomic mass is 10.0. The highest BCUT2D eigenvalue weighted by Gasteiger charge is 2.09. The van der Waals surface area contributed by atoms with Gasteiger partial charge in [0.15, 0.2) is 0 Å². The van der Waals surface area contributed by atoms with Crippen molar-refractivity contribution in [2.75, 3.05) is 7.05 Å². The van der Waals surface area contributed by atoms with Crippen LogP contribution in [0.5, 0.6) is 5.75 Å². The Morgan fingerprint density at radius 3 is 2.88 bits per heavy atom. The van der Waals surface area contributed by atoms with E-state index in [2.05, 4.69) is 29.3 Å². The zero-order valence-corrected chi connectivity index (χ0v) is 15.2. The fourth-order valence-electron chi connectivity index (χ4n) is 2.43. The minimum absolute atomic E-state index is 0.201. The summed E-state index contributed by atoms with van der Waals surface area (Å²) in [5.41, 5.74) is 1.72. The van der Waals surface area contributed by atoms with E-state index in [1.807, 2.05) is 25.4 Å². The van der Waals surface area contributed by atoms with Crippen molar-refractivity contribution in [2.24, 2.45) is 10.9 Å². The first-order chi connectivity index (χ1) is 11.5. The molecule has 0 spiro atoms. The first kappa shape index (κ1) is 18.5. The molecule has 2 atom stereocenters. The summed E-state index contributed by atoms with van der Waals surface area (Å²) < 4.78 is 1.80. The van der Waals surface area contributed by atoms with Crippen molar-refractivity contribution in [3.05, 3.63) is 41.2 Å². The van der Waals surface area contributed by atoms with E-state index in [0.29, 0.717) is 23.4 Å². The minimum Gasteiger partial charge on any atom is -0.508 e. The second kappa shape index (κ2) is 8.85. The van der Waals surface area contributed by atoms with Crippen molar-refractivity contribution in [1.82, 2.24) is 15.1 Å². The Balaban J connectivity index is 2.06. The summed E-state index contributed by atoms with van der Waals surface area (Å²) >= 11 is 5.88. The van der Waals surface area contributed by atoms with Crippen LogP contribution in [0, 0.1) is 5.92 Å². The van der Waals surface area contributed by atoms with E-state index in [9.17, 15) is 5.11 Å². The van der Waals surface area contributed by atoms with Gasteiger partial charge < -0.3 is 10.4 Å². The lowest BCUT2D eigenvalue weighted by molar-refractivity contribution is 0.464. The second-order valence-electron chi connectivity index (χ2n) is 6.14. The fraction of sp³-hybridized carbons (Fsp3) is 0.444. The van der Waals surface area contributed by atoms with Gasteiger partial charge >= 0.3 is 0 Å². The van der Waals surface area contributed by atoms with E-state index in [1.165, 1.54) is 0 Å². The number of aromatic hydroxyl groups is 1. The SMILES string of the molecule is CNC(C)CCc1c(O)cccc1N=CC(C)Cn1cc(Cl)cn1. The first-order valence-electron chi connectivity index (χ1n) is 8.20. The molecule has 1 aromatic carbocycles. The molecule has 2 N–H and O–H groups in total. The Morgan fingerprint density at radius 1 is 1.42 bits per heavy atom. The molecule has 1 heterocycles. The van der Waals surface area contributed by atoms with E-state index < -0.39 is 0 Å². The number of aliphatic imine (C=N–C) groups is 1. The number of rotatable bonds is 8. The van der Waals surface area contributed by atoms with Gasteiger partial charge in [0.05, 0.1) is 16.9 Å². The van der Waals surface area contributed by atoms with Crippen LogP contribution >= 0.6 is 11.6 Å². The van der Waals surface area contributed by atoms with Crippen molar-refractivity contribution < 1.29 is 5.11 Å². The highest BCUT2D eigenvalue weighted by molar-refractivity contribution is 6.30. The van der Waals surface area contributed by atoms with Crippen LogP contribution in [0.2, 0.25) is 5.02 Å². The lowest BCUT2D eigenvalue weighted by Crippen LogP contribution is -2.21. The molecule has 6 heteroatoms. The van der Waals surface area contributed by atoms with Gasteiger partial charge in [0.1, 0.15) is 5.75 Å². The number of hydrogen-bond acceptors (Lipinski definition) is 4. The average Bonchev–Trinajstić information content (AvgIpc) is 2.96. The van der Waals surface area contributed by atoms with Gasteiger partial charge in [0.25, 0.3) is 0 Å². The molecule has 0 radical (unpaired) electrons. The summed E-state index contributed by atoms with van der Waals surface area (Å²) in [6.45, 7) is 4.91. The maximum Gasteiger partial charge on any atom is 0.120 e. The third-order valence-corrected chi connectivity index (χ3v) is 4.19. The molecule has 2 aromatic rings. The summed E-state index contributed by atoms with van der Waals surface area (Å²) in [4.78, 5) is 4.59. The van der Waals surface area contributed by atoms with Gasteiger partial charge in [-0.3, -0.25) is 9.67 Å². The number of phenolic OH excluding ortho intramolecular Hbond substituents is 1. The van der Waals surface area contributed by atoms with Crippen LogP contribution < -0.4 is 5.32 Å². The van der Waals surface area contributed by atoms with Gasteiger partial charge in [-0.1, -0.05) is 24.6 Å². The summed E-state index contributed by atoms with van der Waals surface area (Å²) in [6, 6.07) is 5.87. The van der Waals surface area contributed by atoms with Crippen molar-refractivity contribution in [3.63, 3.8) is 0 Å². The first-order valence-corrected chi connectivity index (χ1v) is 8.57. The number of aromatic nitrogens is 2. The molecule has 0 aliphatic heterocycles. The van der Waals surface area contributed by atoms with Gasteiger partial charge in [-0.15, -0.1) is 0 Å². The molecule has 2 unspecified atom stereocenters. The monoisotopic (exact) mass is 348 g/mol. The number of hydrogen-bond donors (Lipinski definition) is 2. The van der Waals surface area contributed by atoms with Crippen LogP contribution in [-0.2, 0) is 13.0 Å². The lowest BCUT2D eigenvalue weighted by Gasteiger charge is -2.13. The highest BCUT2D eigenvalue weighted by Crippen LogP contribution is 2.29. The molecule has 130 valence electrons. The number of phenols is 1. The van der Waals surface area contributed by atoms with Crippen molar-refractivity contribution >= 4 is 23.5 Å². The molecular formula is C18H25ClN4O. The van der Waals surface area contributed by atoms with Gasteiger partial charge in [-0.05, 0) is 38.9 Å². The van der Waals surface area contributed by atoms with Gasteiger partial charge in [0, 0.05) is 36.5 Å². The number of halogens is 1. The Kier molecular flexibility index (Phi) is 6.82. The molecule has 0 fully saturated rings. The number of nitrogens with zero attached hydrogens (tertiary/aromatic N) is 3. The molecule has 0 aliphatic carbocycles. The maximum atomic E-state index is 10.2. The number of nitrogens with one attached hydrogen (secondary N) is 1. The van der Waals surface area contributed by atoms with Gasteiger partial charge in [-0.25, -0.2) is 0 Å². The molecular weight excluding hydrogens is 324 g/mol. The summed E-state index contributed by atoms with van der Waals surface area (Å²) in [5, 5.41) is 18.2. The van der Waals surface area contributed by atoms with Crippen molar-refractivity contribution in [2.45, 2.75) is 39.3 Å². The minimum atomic E-state index is 0.201. The zero-order chi connectivity index (χ0) is 17.5. The summed E-state index contributed by atoms with van der Waals surface area (Å²) in [6.07, 6.45) is 7.05. The summed E-state index contributed by atoms with van der Waals surface area (Å²) in [7, 11) is 1.94. The van der Waals surface area contributed by atoms with E-state index in [1.54, 1.807) is 23.1 Å². The van der Waals surface area contributed by atoms with Crippen molar-refractivity contribution in [3.8, 4) is 5.75 Å². The molecule has 0 amide bonds. The van der Waals surface area contributed by atoms with Crippen LogP contribution in [0.3, 0.4) is 0 Å². The Bertz CT molecular complexity index is 683. The van der Waals surface area contributed by atoms with Crippen LogP contribution in [0.1, 0.15) is 25.8 Å². The Morgan fingerprint density at radius 2 is 2.21 bits per heavy atom. The standard InChI is InChI=1S/C18H25ClN4O/c1-13(11-23-12-15(19)10-22-23)9-21-17-5-4-6-18(24)16(17)8-7-14(2)20-3/h4-6,9-10,12-14,20,24H,7-8,11H2,1-3H3. The molecule has 0 saturated heterocycles. The van der Waals surface area contributed by atoms with E-state index in [4.69, 9.17) is 11.6 Å². The predicted molar refractivity (Wildman–Crippen MR) is 99.5 cm³/mol. The fourth-order valence-corrected chi connectivity index (χ4v) is 2.59.